The van der Waals surface area contributed by atoms with E-state index in [1.807, 2.05) is 18.2 Å². The van der Waals surface area contributed by atoms with Gasteiger partial charge in [-0.3, -0.25) is 10.1 Å². The lowest BCUT2D eigenvalue weighted by atomic mass is 10.1. The molecule has 0 aliphatic heterocycles. The summed E-state index contributed by atoms with van der Waals surface area (Å²) in [5, 5.41) is 14.8. The molecule has 4 nitrogen and oxygen atoms in total. The molecule has 110 valence electrons. The maximum atomic E-state index is 11.0. The Morgan fingerprint density at radius 2 is 1.95 bits per heavy atom. The Kier molecular flexibility index (Phi) is 5.17. The minimum absolute atomic E-state index is 0.0832. The molecule has 2 rings (SSSR count). The lowest BCUT2D eigenvalue weighted by molar-refractivity contribution is -0.385. The molecule has 2 aromatic rings. The average Bonchev–Trinajstić information content (AvgIpc) is 2.46. The number of benzene rings is 2. The highest BCUT2D eigenvalue weighted by Crippen LogP contribution is 2.25. The fourth-order valence-electron chi connectivity index (χ4n) is 2.24. The van der Waals surface area contributed by atoms with Gasteiger partial charge in [-0.25, -0.2) is 0 Å². The SMILES string of the molecule is CCCc1ccccc1NCc1cc(Cl)ccc1[N+](=O)[O-]. The number of nitro benzene ring substituents is 1. The molecular formula is C16H17ClN2O2. The van der Waals surface area contributed by atoms with Crippen LogP contribution in [0.4, 0.5) is 11.4 Å². The van der Waals surface area contributed by atoms with E-state index in [-0.39, 0.29) is 10.6 Å². The Balaban J connectivity index is 2.20. The highest BCUT2D eigenvalue weighted by molar-refractivity contribution is 6.30. The summed E-state index contributed by atoms with van der Waals surface area (Å²) in [6, 6.07) is 12.6. The zero-order valence-corrected chi connectivity index (χ0v) is 12.6. The van der Waals surface area contributed by atoms with Gasteiger partial charge in [-0.2, -0.15) is 0 Å². The van der Waals surface area contributed by atoms with E-state index in [9.17, 15) is 10.1 Å². The van der Waals surface area contributed by atoms with Crippen molar-refractivity contribution in [3.8, 4) is 0 Å². The summed E-state index contributed by atoms with van der Waals surface area (Å²) in [4.78, 5) is 10.7. The largest absolute Gasteiger partial charge is 0.380 e. The second-order valence-corrected chi connectivity index (χ2v) is 5.23. The molecule has 0 aromatic heterocycles. The second kappa shape index (κ2) is 7.09. The quantitative estimate of drug-likeness (QED) is 0.615. The number of para-hydroxylation sites is 1. The van der Waals surface area contributed by atoms with Gasteiger partial charge in [0.15, 0.2) is 0 Å². The predicted octanol–water partition coefficient (Wildman–Crippen LogP) is 4.81. The van der Waals surface area contributed by atoms with Gasteiger partial charge in [-0.05, 0) is 30.2 Å². The van der Waals surface area contributed by atoms with E-state index in [1.165, 1.54) is 17.7 Å². The fraction of sp³-hybridized carbons (Fsp3) is 0.250. The predicted molar refractivity (Wildman–Crippen MR) is 85.9 cm³/mol. The molecular weight excluding hydrogens is 288 g/mol. The average molecular weight is 305 g/mol. The third-order valence-electron chi connectivity index (χ3n) is 3.24. The number of aryl methyl sites for hydroxylation is 1. The van der Waals surface area contributed by atoms with Crippen LogP contribution in [0.3, 0.4) is 0 Å². The molecule has 2 aromatic carbocycles. The van der Waals surface area contributed by atoms with E-state index >= 15 is 0 Å². The number of hydrogen-bond acceptors (Lipinski definition) is 3. The van der Waals surface area contributed by atoms with E-state index in [0.29, 0.717) is 17.1 Å². The van der Waals surface area contributed by atoms with Crippen LogP contribution < -0.4 is 5.32 Å². The molecule has 0 atom stereocenters. The Labute approximate surface area is 128 Å². The van der Waals surface area contributed by atoms with Crippen LogP contribution in [0.1, 0.15) is 24.5 Å². The Bertz CT molecular complexity index is 644. The molecule has 0 saturated heterocycles. The first-order valence-electron chi connectivity index (χ1n) is 6.86. The van der Waals surface area contributed by atoms with Crippen molar-refractivity contribution in [2.24, 2.45) is 0 Å². The first-order chi connectivity index (χ1) is 10.1. The van der Waals surface area contributed by atoms with Gasteiger partial charge >= 0.3 is 0 Å². The van der Waals surface area contributed by atoms with E-state index in [1.54, 1.807) is 6.07 Å². The molecule has 1 N–H and O–H groups in total. The second-order valence-electron chi connectivity index (χ2n) is 4.79. The van der Waals surface area contributed by atoms with Crippen LogP contribution in [0.5, 0.6) is 0 Å². The van der Waals surface area contributed by atoms with Crippen LogP contribution in [0, 0.1) is 10.1 Å². The van der Waals surface area contributed by atoms with E-state index in [4.69, 9.17) is 11.6 Å². The van der Waals surface area contributed by atoms with Gasteiger partial charge in [0, 0.05) is 23.3 Å². The van der Waals surface area contributed by atoms with Crippen LogP contribution in [-0.4, -0.2) is 4.92 Å². The van der Waals surface area contributed by atoms with Gasteiger partial charge in [0.1, 0.15) is 0 Å². The Morgan fingerprint density at radius 3 is 2.67 bits per heavy atom. The smallest absolute Gasteiger partial charge is 0.274 e. The highest BCUT2D eigenvalue weighted by Gasteiger charge is 2.14. The van der Waals surface area contributed by atoms with Crippen LogP contribution in [0.25, 0.3) is 0 Å². The summed E-state index contributed by atoms with van der Waals surface area (Å²) in [6.07, 6.45) is 2.02. The summed E-state index contributed by atoms with van der Waals surface area (Å²) < 4.78 is 0. The molecule has 0 bridgehead atoms. The maximum absolute atomic E-state index is 11.0. The molecule has 5 heteroatoms. The van der Waals surface area contributed by atoms with Crippen molar-refractivity contribution in [1.82, 2.24) is 0 Å². The molecule has 0 spiro atoms. The summed E-state index contributed by atoms with van der Waals surface area (Å²) in [5.41, 5.74) is 2.89. The van der Waals surface area contributed by atoms with Crippen molar-refractivity contribution in [3.05, 3.63) is 68.7 Å². The summed E-state index contributed by atoms with van der Waals surface area (Å²) in [6.45, 7) is 2.50. The third kappa shape index (κ3) is 3.95. The zero-order chi connectivity index (χ0) is 15.2. The molecule has 0 heterocycles. The number of rotatable bonds is 6. The van der Waals surface area contributed by atoms with Crippen LogP contribution in [0.2, 0.25) is 5.02 Å². The first-order valence-corrected chi connectivity index (χ1v) is 7.24. The number of hydrogen-bond donors (Lipinski definition) is 1. The number of nitrogens with zero attached hydrogens (tertiary/aromatic N) is 1. The van der Waals surface area contributed by atoms with Gasteiger partial charge in [0.25, 0.3) is 5.69 Å². The standard InChI is InChI=1S/C16H17ClN2O2/c1-2-5-12-6-3-4-7-15(12)18-11-13-10-14(17)8-9-16(13)19(20)21/h3-4,6-10,18H,2,5,11H2,1H3. The van der Waals surface area contributed by atoms with Crippen molar-refractivity contribution in [2.75, 3.05) is 5.32 Å². The molecule has 0 radical (unpaired) electrons. The molecule has 21 heavy (non-hydrogen) atoms. The number of halogens is 1. The van der Waals surface area contributed by atoms with Crippen LogP contribution >= 0.6 is 11.6 Å². The summed E-state index contributed by atoms with van der Waals surface area (Å²) in [5.74, 6) is 0. The number of nitro groups is 1. The van der Waals surface area contributed by atoms with Crippen LogP contribution in [-0.2, 0) is 13.0 Å². The zero-order valence-electron chi connectivity index (χ0n) is 11.8. The van der Waals surface area contributed by atoms with Crippen molar-refractivity contribution < 1.29 is 4.92 Å². The normalized spacial score (nSPS) is 10.4. The topological polar surface area (TPSA) is 55.2 Å². The third-order valence-corrected chi connectivity index (χ3v) is 3.48. The molecule has 0 aliphatic rings. The highest BCUT2D eigenvalue weighted by atomic mass is 35.5. The van der Waals surface area contributed by atoms with Gasteiger partial charge in [0.2, 0.25) is 0 Å². The van der Waals surface area contributed by atoms with Gasteiger partial charge < -0.3 is 5.32 Å². The summed E-state index contributed by atoms with van der Waals surface area (Å²) >= 11 is 5.93. The van der Waals surface area contributed by atoms with Crippen molar-refractivity contribution in [1.29, 1.82) is 0 Å². The lowest BCUT2D eigenvalue weighted by Crippen LogP contribution is -2.05. The Morgan fingerprint density at radius 1 is 1.19 bits per heavy atom. The van der Waals surface area contributed by atoms with Gasteiger partial charge in [-0.15, -0.1) is 0 Å². The molecule has 0 aliphatic carbocycles. The fourth-order valence-corrected chi connectivity index (χ4v) is 2.44. The Hall–Kier alpha value is -2.07. The van der Waals surface area contributed by atoms with Gasteiger partial charge in [0.05, 0.1) is 10.5 Å². The minimum atomic E-state index is -0.384. The maximum Gasteiger partial charge on any atom is 0.274 e. The lowest BCUT2D eigenvalue weighted by Gasteiger charge is -2.12. The molecule has 0 fully saturated rings. The van der Waals surface area contributed by atoms with E-state index in [2.05, 4.69) is 18.3 Å². The first kappa shape index (κ1) is 15.3. The monoisotopic (exact) mass is 304 g/mol. The minimum Gasteiger partial charge on any atom is -0.380 e. The summed E-state index contributed by atoms with van der Waals surface area (Å²) in [7, 11) is 0. The van der Waals surface area contributed by atoms with Gasteiger partial charge in [-0.1, -0.05) is 43.1 Å². The number of nitrogens with one attached hydrogen (secondary N) is 1. The number of anilines is 1. The van der Waals surface area contributed by atoms with Crippen LogP contribution in [0.15, 0.2) is 42.5 Å². The molecule has 0 unspecified atom stereocenters. The molecule has 0 amide bonds. The van der Waals surface area contributed by atoms with E-state index < -0.39 is 0 Å². The molecule has 0 saturated carbocycles. The van der Waals surface area contributed by atoms with Crippen molar-refractivity contribution in [3.63, 3.8) is 0 Å². The van der Waals surface area contributed by atoms with E-state index in [0.717, 1.165) is 18.5 Å². The van der Waals surface area contributed by atoms with Crippen molar-refractivity contribution >= 4 is 23.0 Å². The van der Waals surface area contributed by atoms with Crippen molar-refractivity contribution in [2.45, 2.75) is 26.3 Å².